The standard InChI is InChI=1S/C18H18N2O5S/c1-4-24-17-11-13(12-19)5-10-16(17)25-18(21)14-6-8-15(9-7-14)26(22,23)20(2)3/h5-11H,4H2,1-3H3. The van der Waals surface area contributed by atoms with Gasteiger partial charge in [0, 0.05) is 20.2 Å². The third kappa shape index (κ3) is 4.20. The number of carbonyl (C=O) groups is 1. The summed E-state index contributed by atoms with van der Waals surface area (Å²) in [5, 5.41) is 8.95. The van der Waals surface area contributed by atoms with Crippen molar-refractivity contribution in [1.29, 1.82) is 5.26 Å². The molecule has 0 amide bonds. The number of esters is 1. The smallest absolute Gasteiger partial charge is 0.343 e. The molecule has 0 radical (unpaired) electrons. The van der Waals surface area contributed by atoms with Crippen LogP contribution >= 0.6 is 0 Å². The second-order valence-electron chi connectivity index (χ2n) is 5.41. The van der Waals surface area contributed by atoms with Gasteiger partial charge in [-0.05, 0) is 43.3 Å². The number of hydrogen-bond acceptors (Lipinski definition) is 6. The Labute approximate surface area is 152 Å². The predicted octanol–water partition coefficient (Wildman–Crippen LogP) is 2.43. The van der Waals surface area contributed by atoms with Crippen molar-refractivity contribution in [3.05, 3.63) is 53.6 Å². The highest BCUT2D eigenvalue weighted by molar-refractivity contribution is 7.89. The fraction of sp³-hybridized carbons (Fsp3) is 0.222. The Hall–Kier alpha value is -2.89. The van der Waals surface area contributed by atoms with Gasteiger partial charge in [-0.15, -0.1) is 0 Å². The highest BCUT2D eigenvalue weighted by Crippen LogP contribution is 2.29. The second kappa shape index (κ2) is 7.99. The van der Waals surface area contributed by atoms with Crippen LogP contribution in [-0.2, 0) is 10.0 Å². The van der Waals surface area contributed by atoms with Crippen LogP contribution in [-0.4, -0.2) is 39.4 Å². The van der Waals surface area contributed by atoms with Gasteiger partial charge in [0.25, 0.3) is 0 Å². The van der Waals surface area contributed by atoms with Gasteiger partial charge in [-0.1, -0.05) is 0 Å². The Balaban J connectivity index is 2.25. The first-order chi connectivity index (χ1) is 12.3. The molecule has 0 bridgehead atoms. The van der Waals surface area contributed by atoms with E-state index in [0.717, 1.165) is 4.31 Å². The fourth-order valence-electron chi connectivity index (χ4n) is 2.06. The molecular formula is C18H18N2O5S. The molecule has 0 atom stereocenters. The number of benzene rings is 2. The Morgan fingerprint density at radius 2 is 1.77 bits per heavy atom. The maximum absolute atomic E-state index is 12.3. The van der Waals surface area contributed by atoms with Crippen molar-refractivity contribution in [2.45, 2.75) is 11.8 Å². The molecular weight excluding hydrogens is 356 g/mol. The highest BCUT2D eigenvalue weighted by Gasteiger charge is 2.19. The minimum atomic E-state index is -3.57. The molecule has 8 heteroatoms. The van der Waals surface area contributed by atoms with Gasteiger partial charge in [0.15, 0.2) is 11.5 Å². The molecule has 0 unspecified atom stereocenters. The van der Waals surface area contributed by atoms with E-state index in [-0.39, 0.29) is 22.0 Å². The zero-order valence-electron chi connectivity index (χ0n) is 14.6. The minimum absolute atomic E-state index is 0.0763. The van der Waals surface area contributed by atoms with E-state index in [1.165, 1.54) is 56.6 Å². The quantitative estimate of drug-likeness (QED) is 0.569. The van der Waals surface area contributed by atoms with E-state index < -0.39 is 16.0 Å². The summed E-state index contributed by atoms with van der Waals surface area (Å²) < 4.78 is 35.9. The molecule has 0 N–H and O–H groups in total. The first kappa shape index (κ1) is 19.4. The number of carbonyl (C=O) groups excluding carboxylic acids is 1. The summed E-state index contributed by atoms with van der Waals surface area (Å²) in [6.45, 7) is 2.12. The lowest BCUT2D eigenvalue weighted by molar-refractivity contribution is 0.0728. The highest BCUT2D eigenvalue weighted by atomic mass is 32.2. The maximum atomic E-state index is 12.3. The lowest BCUT2D eigenvalue weighted by Crippen LogP contribution is -2.22. The topological polar surface area (TPSA) is 96.7 Å². The molecule has 136 valence electrons. The third-order valence-corrected chi connectivity index (χ3v) is 5.27. The van der Waals surface area contributed by atoms with Gasteiger partial charge in [-0.25, -0.2) is 17.5 Å². The average Bonchev–Trinajstić information content (AvgIpc) is 2.63. The molecule has 2 rings (SSSR count). The fourth-order valence-corrected chi connectivity index (χ4v) is 2.96. The molecule has 7 nitrogen and oxygen atoms in total. The van der Waals surface area contributed by atoms with E-state index in [0.29, 0.717) is 12.2 Å². The van der Waals surface area contributed by atoms with Gasteiger partial charge in [-0.3, -0.25) is 0 Å². The summed E-state index contributed by atoms with van der Waals surface area (Å²) >= 11 is 0. The van der Waals surface area contributed by atoms with Gasteiger partial charge in [0.2, 0.25) is 10.0 Å². The average molecular weight is 374 g/mol. The van der Waals surface area contributed by atoms with Crippen molar-refractivity contribution < 1.29 is 22.7 Å². The summed E-state index contributed by atoms with van der Waals surface area (Å²) in [6.07, 6.45) is 0. The van der Waals surface area contributed by atoms with Crippen molar-refractivity contribution in [2.24, 2.45) is 0 Å². The van der Waals surface area contributed by atoms with Crippen LogP contribution in [0.15, 0.2) is 47.4 Å². The van der Waals surface area contributed by atoms with Crippen LogP contribution in [0, 0.1) is 11.3 Å². The van der Waals surface area contributed by atoms with Gasteiger partial charge in [-0.2, -0.15) is 5.26 Å². The normalized spacial score (nSPS) is 11.0. The van der Waals surface area contributed by atoms with E-state index in [1.54, 1.807) is 6.92 Å². The van der Waals surface area contributed by atoms with Crippen LogP contribution in [0.3, 0.4) is 0 Å². The van der Waals surface area contributed by atoms with Crippen molar-refractivity contribution in [3.63, 3.8) is 0 Å². The van der Waals surface area contributed by atoms with Crippen LogP contribution in [0.25, 0.3) is 0 Å². The van der Waals surface area contributed by atoms with Gasteiger partial charge in [0.1, 0.15) is 0 Å². The molecule has 0 spiro atoms. The largest absolute Gasteiger partial charge is 0.490 e. The van der Waals surface area contributed by atoms with Crippen molar-refractivity contribution in [2.75, 3.05) is 20.7 Å². The zero-order valence-corrected chi connectivity index (χ0v) is 15.4. The third-order valence-electron chi connectivity index (χ3n) is 3.44. The van der Waals surface area contributed by atoms with E-state index in [9.17, 15) is 13.2 Å². The maximum Gasteiger partial charge on any atom is 0.343 e. The Kier molecular flexibility index (Phi) is 5.97. The second-order valence-corrected chi connectivity index (χ2v) is 7.56. The molecule has 0 fully saturated rings. The Morgan fingerprint density at radius 3 is 2.31 bits per heavy atom. The molecule has 2 aromatic carbocycles. The van der Waals surface area contributed by atoms with Crippen molar-refractivity contribution in [1.82, 2.24) is 4.31 Å². The molecule has 0 aliphatic rings. The van der Waals surface area contributed by atoms with Crippen molar-refractivity contribution in [3.8, 4) is 17.6 Å². The predicted molar refractivity (Wildman–Crippen MR) is 94.6 cm³/mol. The van der Waals surface area contributed by atoms with Crippen LogP contribution in [0.4, 0.5) is 0 Å². The van der Waals surface area contributed by atoms with E-state index in [4.69, 9.17) is 14.7 Å². The van der Waals surface area contributed by atoms with Gasteiger partial charge in [0.05, 0.1) is 28.7 Å². The number of rotatable bonds is 6. The molecule has 0 saturated heterocycles. The van der Waals surface area contributed by atoms with E-state index in [1.807, 2.05) is 6.07 Å². The lowest BCUT2D eigenvalue weighted by atomic mass is 10.2. The zero-order chi connectivity index (χ0) is 19.3. The first-order valence-corrected chi connectivity index (χ1v) is 9.15. The minimum Gasteiger partial charge on any atom is -0.490 e. The molecule has 0 aliphatic carbocycles. The van der Waals surface area contributed by atoms with Gasteiger partial charge >= 0.3 is 5.97 Å². The van der Waals surface area contributed by atoms with E-state index in [2.05, 4.69) is 0 Å². The Morgan fingerprint density at radius 1 is 1.12 bits per heavy atom. The van der Waals surface area contributed by atoms with Crippen LogP contribution in [0.2, 0.25) is 0 Å². The summed E-state index contributed by atoms with van der Waals surface area (Å²) in [5.41, 5.74) is 0.570. The molecule has 2 aromatic rings. The molecule has 0 aromatic heterocycles. The lowest BCUT2D eigenvalue weighted by Gasteiger charge is -2.12. The summed E-state index contributed by atoms with van der Waals surface area (Å²) in [6, 6.07) is 11.9. The van der Waals surface area contributed by atoms with Crippen molar-refractivity contribution >= 4 is 16.0 Å². The summed E-state index contributed by atoms with van der Waals surface area (Å²) in [7, 11) is -0.713. The van der Waals surface area contributed by atoms with Crippen LogP contribution in [0.1, 0.15) is 22.8 Å². The number of ether oxygens (including phenoxy) is 2. The number of nitriles is 1. The van der Waals surface area contributed by atoms with E-state index >= 15 is 0 Å². The number of sulfonamides is 1. The number of nitrogens with zero attached hydrogens (tertiary/aromatic N) is 2. The number of hydrogen-bond donors (Lipinski definition) is 0. The molecule has 26 heavy (non-hydrogen) atoms. The van der Waals surface area contributed by atoms with Gasteiger partial charge < -0.3 is 9.47 Å². The monoisotopic (exact) mass is 374 g/mol. The summed E-state index contributed by atoms with van der Waals surface area (Å²) in [4.78, 5) is 12.4. The van der Waals surface area contributed by atoms with Crippen LogP contribution < -0.4 is 9.47 Å². The van der Waals surface area contributed by atoms with Crippen LogP contribution in [0.5, 0.6) is 11.5 Å². The molecule has 0 aliphatic heterocycles. The Bertz CT molecular complexity index is 945. The molecule has 0 saturated carbocycles. The first-order valence-electron chi connectivity index (χ1n) is 7.71. The summed E-state index contributed by atoms with van der Waals surface area (Å²) in [5.74, 6) is -0.197. The molecule has 0 heterocycles. The SMILES string of the molecule is CCOc1cc(C#N)ccc1OC(=O)c1ccc(S(=O)(=O)N(C)C)cc1.